The summed E-state index contributed by atoms with van der Waals surface area (Å²) in [6, 6.07) is 9.31. The summed E-state index contributed by atoms with van der Waals surface area (Å²) in [4.78, 5) is 19.4. The molecule has 1 aromatic heterocycles. The van der Waals surface area contributed by atoms with Crippen molar-refractivity contribution in [2.45, 2.75) is 0 Å². The Bertz CT molecular complexity index is 1050. The molecular weight excluding hydrogens is 380 g/mol. The van der Waals surface area contributed by atoms with E-state index in [0.717, 1.165) is 0 Å². The van der Waals surface area contributed by atoms with E-state index in [4.69, 9.17) is 23.7 Å². The fourth-order valence-electron chi connectivity index (χ4n) is 2.59. The van der Waals surface area contributed by atoms with Gasteiger partial charge in [0, 0.05) is 5.56 Å². The second kappa shape index (κ2) is 8.34. The third-order valence-electron chi connectivity index (χ3n) is 3.98. The van der Waals surface area contributed by atoms with E-state index in [-0.39, 0.29) is 17.1 Å². The molecule has 2 aromatic carbocycles. The van der Waals surface area contributed by atoms with Gasteiger partial charge in [-0.05, 0) is 30.3 Å². The highest BCUT2D eigenvalue weighted by atomic mass is 16.5. The molecule has 9 nitrogen and oxygen atoms in total. The molecule has 0 saturated heterocycles. The van der Waals surface area contributed by atoms with Crippen molar-refractivity contribution < 1.29 is 33.6 Å². The lowest BCUT2D eigenvalue weighted by atomic mass is 10.2. The molecule has 1 heterocycles. The van der Waals surface area contributed by atoms with Gasteiger partial charge in [0.15, 0.2) is 17.2 Å². The van der Waals surface area contributed by atoms with Crippen LogP contribution in [0.1, 0.15) is 16.1 Å². The molecule has 0 bridgehead atoms. The summed E-state index contributed by atoms with van der Waals surface area (Å²) in [6.07, 6.45) is 1.28. The van der Waals surface area contributed by atoms with Crippen LogP contribution in [0.25, 0.3) is 11.5 Å². The Morgan fingerprint density at radius 3 is 2.38 bits per heavy atom. The second-order valence-corrected chi connectivity index (χ2v) is 5.74. The first-order chi connectivity index (χ1) is 14.0. The van der Waals surface area contributed by atoms with Gasteiger partial charge >= 0.3 is 11.9 Å². The number of rotatable bonds is 7. The van der Waals surface area contributed by atoms with Gasteiger partial charge in [-0.3, -0.25) is 4.99 Å². The van der Waals surface area contributed by atoms with Gasteiger partial charge in [0.05, 0.1) is 38.8 Å². The van der Waals surface area contributed by atoms with Gasteiger partial charge in [-0.15, -0.1) is 0 Å². The fourth-order valence-corrected chi connectivity index (χ4v) is 2.59. The predicted octanol–water partition coefficient (Wildman–Crippen LogP) is 3.52. The van der Waals surface area contributed by atoms with Gasteiger partial charge in [0.2, 0.25) is 11.6 Å². The molecule has 0 saturated carbocycles. The highest BCUT2D eigenvalue weighted by molar-refractivity contribution is 5.89. The van der Waals surface area contributed by atoms with Crippen molar-refractivity contribution >= 4 is 17.9 Å². The first-order valence-corrected chi connectivity index (χ1v) is 8.34. The van der Waals surface area contributed by atoms with Gasteiger partial charge < -0.3 is 28.8 Å². The number of hydrogen-bond donors (Lipinski definition) is 2. The number of carbonyl (C=O) groups is 1. The average molecular weight is 398 g/mol. The van der Waals surface area contributed by atoms with Crippen molar-refractivity contribution in [2.24, 2.45) is 4.99 Å². The van der Waals surface area contributed by atoms with Crippen molar-refractivity contribution in [3.05, 3.63) is 47.7 Å². The van der Waals surface area contributed by atoms with Crippen LogP contribution in [0.4, 0.5) is 5.69 Å². The van der Waals surface area contributed by atoms with Crippen LogP contribution >= 0.6 is 0 Å². The van der Waals surface area contributed by atoms with Crippen molar-refractivity contribution in [3.63, 3.8) is 0 Å². The number of oxazole rings is 1. The van der Waals surface area contributed by atoms with Gasteiger partial charge in [0.25, 0.3) is 0 Å². The lowest BCUT2D eigenvalue weighted by molar-refractivity contribution is 0.0697. The fraction of sp³-hybridized carbons (Fsp3) is 0.150. The average Bonchev–Trinajstić information content (AvgIpc) is 3.11. The smallest absolute Gasteiger partial charge is 0.335 e. The van der Waals surface area contributed by atoms with Gasteiger partial charge in [-0.1, -0.05) is 6.07 Å². The van der Waals surface area contributed by atoms with Gasteiger partial charge in [-0.25, -0.2) is 9.78 Å². The van der Waals surface area contributed by atoms with Gasteiger partial charge in [-0.2, -0.15) is 0 Å². The quantitative estimate of drug-likeness (QED) is 0.580. The number of methoxy groups -OCH3 is 3. The van der Waals surface area contributed by atoms with Crippen LogP contribution in [0.3, 0.4) is 0 Å². The Morgan fingerprint density at radius 2 is 1.79 bits per heavy atom. The van der Waals surface area contributed by atoms with Crippen molar-refractivity contribution in [3.8, 4) is 34.6 Å². The topological polar surface area (TPSA) is 124 Å². The summed E-state index contributed by atoms with van der Waals surface area (Å²) in [5.74, 6) is -0.166. The molecule has 0 aliphatic rings. The molecule has 0 fully saturated rings. The number of benzene rings is 2. The summed E-state index contributed by atoms with van der Waals surface area (Å²) < 4.78 is 21.2. The molecule has 0 radical (unpaired) electrons. The normalized spacial score (nSPS) is 10.9. The number of nitrogens with zero attached hydrogens (tertiary/aromatic N) is 2. The molecule has 3 aromatic rings. The van der Waals surface area contributed by atoms with E-state index in [1.165, 1.54) is 39.7 Å². The number of aromatic hydroxyl groups is 1. The minimum atomic E-state index is -1.06. The highest BCUT2D eigenvalue weighted by Gasteiger charge is 2.19. The molecule has 0 unspecified atom stereocenters. The number of aromatic nitrogens is 1. The summed E-state index contributed by atoms with van der Waals surface area (Å²) >= 11 is 0. The molecule has 0 aliphatic carbocycles. The van der Waals surface area contributed by atoms with E-state index >= 15 is 0 Å². The molecular formula is C20H18N2O7. The number of carboxylic acids is 1. The van der Waals surface area contributed by atoms with Crippen LogP contribution in [0.5, 0.6) is 23.2 Å². The minimum Gasteiger partial charge on any atom is -0.493 e. The Morgan fingerprint density at radius 1 is 1.10 bits per heavy atom. The van der Waals surface area contributed by atoms with Crippen molar-refractivity contribution in [1.29, 1.82) is 0 Å². The number of hydrogen-bond acceptors (Lipinski definition) is 8. The first kappa shape index (κ1) is 19.7. The monoisotopic (exact) mass is 398 g/mol. The highest BCUT2D eigenvalue weighted by Crippen LogP contribution is 2.41. The molecule has 0 amide bonds. The van der Waals surface area contributed by atoms with E-state index in [1.807, 2.05) is 0 Å². The SMILES string of the molecule is COc1cc(-c2nc(C=Nc3cccc(C(=O)O)c3)c(O)o2)cc(OC)c1OC. The molecule has 0 aliphatic heterocycles. The molecule has 2 N–H and O–H groups in total. The number of carboxylic acid groups (broad SMARTS) is 1. The lowest BCUT2D eigenvalue weighted by Gasteiger charge is -2.12. The van der Waals surface area contributed by atoms with Crippen LogP contribution < -0.4 is 14.2 Å². The Labute approximate surface area is 165 Å². The molecule has 9 heteroatoms. The lowest BCUT2D eigenvalue weighted by Crippen LogP contribution is -1.95. The van der Waals surface area contributed by atoms with E-state index in [2.05, 4.69) is 9.98 Å². The predicted molar refractivity (Wildman–Crippen MR) is 104 cm³/mol. The van der Waals surface area contributed by atoms with Crippen LogP contribution in [0, 0.1) is 0 Å². The Kier molecular flexibility index (Phi) is 5.68. The number of aliphatic imine (C=N–C) groups is 1. The van der Waals surface area contributed by atoms with Crippen molar-refractivity contribution in [2.75, 3.05) is 21.3 Å². The van der Waals surface area contributed by atoms with E-state index in [1.54, 1.807) is 24.3 Å². The van der Waals surface area contributed by atoms with Crippen LogP contribution in [-0.4, -0.2) is 48.7 Å². The Hall–Kier alpha value is -4.01. The zero-order valence-electron chi connectivity index (χ0n) is 15.9. The summed E-state index contributed by atoms with van der Waals surface area (Å²) in [5, 5.41) is 19.1. The molecule has 3 rings (SSSR count). The Balaban J connectivity index is 1.95. The molecule has 0 atom stereocenters. The maximum Gasteiger partial charge on any atom is 0.335 e. The molecule has 0 spiro atoms. The second-order valence-electron chi connectivity index (χ2n) is 5.74. The number of aromatic carboxylic acids is 1. The standard InChI is InChI=1S/C20H18N2O7/c1-26-15-8-12(9-16(27-2)17(15)28-3)18-22-14(20(25)29-18)10-21-13-6-4-5-11(7-13)19(23)24/h4-10,25H,1-3H3,(H,23,24). The van der Waals surface area contributed by atoms with Gasteiger partial charge in [0.1, 0.15) is 0 Å². The molecule has 29 heavy (non-hydrogen) atoms. The van der Waals surface area contributed by atoms with E-state index < -0.39 is 11.9 Å². The maximum atomic E-state index is 11.0. The van der Waals surface area contributed by atoms with Crippen molar-refractivity contribution in [1.82, 2.24) is 4.98 Å². The zero-order chi connectivity index (χ0) is 21.0. The van der Waals surface area contributed by atoms with E-state index in [9.17, 15) is 9.90 Å². The van der Waals surface area contributed by atoms with Crippen LogP contribution in [-0.2, 0) is 0 Å². The molecule has 150 valence electrons. The first-order valence-electron chi connectivity index (χ1n) is 8.34. The minimum absolute atomic E-state index is 0.0782. The largest absolute Gasteiger partial charge is 0.493 e. The van der Waals surface area contributed by atoms with Crippen LogP contribution in [0.2, 0.25) is 0 Å². The third kappa shape index (κ3) is 4.13. The summed E-state index contributed by atoms with van der Waals surface area (Å²) in [7, 11) is 4.46. The summed E-state index contributed by atoms with van der Waals surface area (Å²) in [5.41, 5.74) is 1.06. The zero-order valence-corrected chi connectivity index (χ0v) is 15.9. The maximum absolute atomic E-state index is 11.0. The summed E-state index contributed by atoms with van der Waals surface area (Å²) in [6.45, 7) is 0. The van der Waals surface area contributed by atoms with Crippen LogP contribution in [0.15, 0.2) is 45.8 Å². The third-order valence-corrected chi connectivity index (χ3v) is 3.98. The van der Waals surface area contributed by atoms with E-state index in [0.29, 0.717) is 28.5 Å². The number of ether oxygens (including phenoxy) is 3.